The monoisotopic (exact) mass is 266 g/mol. The molecule has 1 aliphatic carbocycles. The molecule has 4 heteroatoms. The summed E-state index contributed by atoms with van der Waals surface area (Å²) in [5.41, 5.74) is 0. The maximum atomic E-state index is 12.7. The van der Waals surface area contributed by atoms with Crippen LogP contribution in [0.2, 0.25) is 0 Å². The lowest BCUT2D eigenvalue weighted by atomic mass is 10.00. The third-order valence-corrected chi connectivity index (χ3v) is 4.60. The van der Waals surface area contributed by atoms with Crippen molar-refractivity contribution in [1.82, 2.24) is 10.2 Å². The lowest BCUT2D eigenvalue weighted by Crippen LogP contribution is -2.46. The summed E-state index contributed by atoms with van der Waals surface area (Å²) in [6.07, 6.45) is 7.14. The number of carbonyl (C=O) groups excluding carboxylic acids is 1. The van der Waals surface area contributed by atoms with E-state index in [0.29, 0.717) is 18.6 Å². The van der Waals surface area contributed by atoms with Crippen molar-refractivity contribution < 1.29 is 9.53 Å². The number of amides is 1. The largest absolute Gasteiger partial charge is 0.381 e. The van der Waals surface area contributed by atoms with Gasteiger partial charge in [0.15, 0.2) is 0 Å². The molecule has 19 heavy (non-hydrogen) atoms. The van der Waals surface area contributed by atoms with Crippen LogP contribution in [-0.2, 0) is 9.53 Å². The van der Waals surface area contributed by atoms with Crippen molar-refractivity contribution in [3.05, 3.63) is 0 Å². The van der Waals surface area contributed by atoms with E-state index >= 15 is 0 Å². The van der Waals surface area contributed by atoms with Crippen LogP contribution in [0, 0.1) is 11.8 Å². The first-order valence-corrected chi connectivity index (χ1v) is 7.93. The molecule has 2 unspecified atom stereocenters. The molecule has 2 saturated heterocycles. The number of nitrogens with zero attached hydrogens (tertiary/aromatic N) is 1. The molecule has 0 bridgehead atoms. The molecular formula is C15H26N2O2. The molecular weight excluding hydrogens is 240 g/mol. The van der Waals surface area contributed by atoms with Crippen LogP contribution in [0.25, 0.3) is 0 Å². The van der Waals surface area contributed by atoms with E-state index in [1.807, 2.05) is 0 Å². The molecule has 3 fully saturated rings. The highest BCUT2D eigenvalue weighted by Crippen LogP contribution is 2.31. The van der Waals surface area contributed by atoms with Crippen LogP contribution in [0.15, 0.2) is 0 Å². The van der Waals surface area contributed by atoms with Gasteiger partial charge in [-0.25, -0.2) is 0 Å². The Morgan fingerprint density at radius 3 is 2.68 bits per heavy atom. The molecule has 2 heterocycles. The van der Waals surface area contributed by atoms with Crippen molar-refractivity contribution in [2.75, 3.05) is 32.8 Å². The Bertz CT molecular complexity index is 305. The molecule has 3 aliphatic rings. The average Bonchev–Trinajstić information content (AvgIpc) is 3.12. The van der Waals surface area contributed by atoms with Crippen molar-refractivity contribution in [3.63, 3.8) is 0 Å². The summed E-state index contributed by atoms with van der Waals surface area (Å²) >= 11 is 0. The molecule has 0 radical (unpaired) electrons. The summed E-state index contributed by atoms with van der Waals surface area (Å²) in [6, 6.07) is 0.521. The first-order chi connectivity index (χ1) is 9.33. The van der Waals surface area contributed by atoms with E-state index in [1.54, 1.807) is 0 Å². The lowest BCUT2D eigenvalue weighted by Gasteiger charge is -2.31. The van der Waals surface area contributed by atoms with E-state index < -0.39 is 0 Å². The number of nitrogens with one attached hydrogen (secondary N) is 1. The van der Waals surface area contributed by atoms with E-state index in [0.717, 1.165) is 45.0 Å². The van der Waals surface area contributed by atoms with E-state index in [1.165, 1.54) is 25.7 Å². The molecule has 4 nitrogen and oxygen atoms in total. The molecule has 1 N–H and O–H groups in total. The fraction of sp³-hybridized carbons (Fsp3) is 0.933. The number of ether oxygens (including phenoxy) is 1. The van der Waals surface area contributed by atoms with Crippen LogP contribution in [-0.4, -0.2) is 49.7 Å². The first kappa shape index (κ1) is 13.4. The van der Waals surface area contributed by atoms with Gasteiger partial charge in [-0.05, 0) is 51.0 Å². The van der Waals surface area contributed by atoms with Gasteiger partial charge in [-0.15, -0.1) is 0 Å². The minimum Gasteiger partial charge on any atom is -0.381 e. The van der Waals surface area contributed by atoms with Gasteiger partial charge in [0.1, 0.15) is 0 Å². The van der Waals surface area contributed by atoms with E-state index in [9.17, 15) is 4.79 Å². The second-order valence-electron chi connectivity index (χ2n) is 6.39. The topological polar surface area (TPSA) is 41.6 Å². The van der Waals surface area contributed by atoms with Crippen LogP contribution in [0.5, 0.6) is 0 Å². The van der Waals surface area contributed by atoms with Crippen LogP contribution in [0.3, 0.4) is 0 Å². The van der Waals surface area contributed by atoms with Crippen LogP contribution < -0.4 is 5.32 Å². The van der Waals surface area contributed by atoms with Gasteiger partial charge >= 0.3 is 0 Å². The lowest BCUT2D eigenvalue weighted by molar-refractivity contribution is -0.140. The van der Waals surface area contributed by atoms with Gasteiger partial charge in [0, 0.05) is 25.7 Å². The Morgan fingerprint density at radius 1 is 1.16 bits per heavy atom. The Morgan fingerprint density at radius 2 is 2.05 bits per heavy atom. The summed E-state index contributed by atoms with van der Waals surface area (Å²) in [5, 5.41) is 3.51. The Balaban J connectivity index is 1.57. The molecule has 0 aromatic carbocycles. The second kappa shape index (κ2) is 6.23. The third kappa shape index (κ3) is 3.69. The molecule has 0 aromatic rings. The first-order valence-electron chi connectivity index (χ1n) is 7.93. The van der Waals surface area contributed by atoms with Gasteiger partial charge in [0.05, 0.1) is 12.5 Å². The smallest absolute Gasteiger partial charge is 0.228 e. The van der Waals surface area contributed by atoms with Crippen molar-refractivity contribution >= 4 is 5.91 Å². The predicted octanol–water partition coefficient (Wildman–Crippen LogP) is 1.40. The third-order valence-electron chi connectivity index (χ3n) is 4.60. The maximum absolute atomic E-state index is 12.7. The Kier molecular flexibility index (Phi) is 4.38. The number of hydrogen-bond donors (Lipinski definition) is 1. The fourth-order valence-corrected chi connectivity index (χ4v) is 3.24. The highest BCUT2D eigenvalue weighted by atomic mass is 16.5. The summed E-state index contributed by atoms with van der Waals surface area (Å²) in [5.74, 6) is 1.24. The van der Waals surface area contributed by atoms with Gasteiger partial charge in [0.2, 0.25) is 5.91 Å². The molecule has 0 aromatic heterocycles. The van der Waals surface area contributed by atoms with E-state index in [4.69, 9.17) is 4.74 Å². The summed E-state index contributed by atoms with van der Waals surface area (Å²) in [6.45, 7) is 4.47. The second-order valence-corrected chi connectivity index (χ2v) is 6.39. The molecule has 0 spiro atoms. The highest BCUT2D eigenvalue weighted by Gasteiger charge is 2.32. The summed E-state index contributed by atoms with van der Waals surface area (Å²) < 4.78 is 5.48. The predicted molar refractivity (Wildman–Crippen MR) is 73.9 cm³/mol. The Labute approximate surface area is 115 Å². The molecule has 3 rings (SSSR count). The van der Waals surface area contributed by atoms with Crippen molar-refractivity contribution in [1.29, 1.82) is 0 Å². The zero-order valence-corrected chi connectivity index (χ0v) is 11.8. The average molecular weight is 266 g/mol. The van der Waals surface area contributed by atoms with Gasteiger partial charge < -0.3 is 15.0 Å². The van der Waals surface area contributed by atoms with Crippen LogP contribution in [0.4, 0.5) is 0 Å². The summed E-state index contributed by atoms with van der Waals surface area (Å²) in [7, 11) is 0. The minimum absolute atomic E-state index is 0.119. The van der Waals surface area contributed by atoms with Crippen molar-refractivity contribution in [2.45, 2.75) is 44.6 Å². The summed E-state index contributed by atoms with van der Waals surface area (Å²) in [4.78, 5) is 14.8. The standard InChI is InChI=1S/C15H26N2O2/c18-15(13-3-2-8-19-11-13)17(9-12-5-6-12)10-14-4-1-7-16-14/h12-14,16H,1-11H2. The van der Waals surface area contributed by atoms with Crippen LogP contribution in [0.1, 0.15) is 38.5 Å². The highest BCUT2D eigenvalue weighted by molar-refractivity contribution is 5.79. The zero-order chi connectivity index (χ0) is 13.1. The van der Waals surface area contributed by atoms with Crippen LogP contribution >= 0.6 is 0 Å². The van der Waals surface area contributed by atoms with Crippen molar-refractivity contribution in [3.8, 4) is 0 Å². The SMILES string of the molecule is O=C(C1CCCOC1)N(CC1CC1)CC1CCCN1. The molecule has 108 valence electrons. The number of rotatable bonds is 5. The minimum atomic E-state index is 0.119. The zero-order valence-electron chi connectivity index (χ0n) is 11.8. The normalized spacial score (nSPS) is 31.4. The van der Waals surface area contributed by atoms with Gasteiger partial charge in [-0.2, -0.15) is 0 Å². The Hall–Kier alpha value is -0.610. The number of hydrogen-bond acceptors (Lipinski definition) is 3. The van der Waals surface area contributed by atoms with E-state index in [2.05, 4.69) is 10.2 Å². The van der Waals surface area contributed by atoms with E-state index in [-0.39, 0.29) is 5.92 Å². The molecule has 2 atom stereocenters. The van der Waals surface area contributed by atoms with Gasteiger partial charge in [-0.1, -0.05) is 0 Å². The maximum Gasteiger partial charge on any atom is 0.228 e. The molecule has 1 amide bonds. The van der Waals surface area contributed by atoms with Gasteiger partial charge in [-0.3, -0.25) is 4.79 Å². The quantitative estimate of drug-likeness (QED) is 0.818. The molecule has 1 saturated carbocycles. The fourth-order valence-electron chi connectivity index (χ4n) is 3.24. The molecule has 2 aliphatic heterocycles. The number of carbonyl (C=O) groups is 1. The van der Waals surface area contributed by atoms with Crippen molar-refractivity contribution in [2.24, 2.45) is 11.8 Å². The van der Waals surface area contributed by atoms with Gasteiger partial charge in [0.25, 0.3) is 0 Å².